The molecule has 14 heavy (non-hydrogen) atoms. The maximum absolute atomic E-state index is 4.28. The van der Waals surface area contributed by atoms with Crippen LogP contribution < -0.4 is 0 Å². The van der Waals surface area contributed by atoms with E-state index in [1.165, 1.54) is 6.34 Å². The van der Waals surface area contributed by atoms with E-state index in [0.717, 1.165) is 5.82 Å². The van der Waals surface area contributed by atoms with Gasteiger partial charge >= 0.3 is 0 Å². The first-order chi connectivity index (χ1) is 6.45. The lowest BCUT2D eigenvalue weighted by molar-refractivity contribution is 0.538. The average molecular weight is 193 g/mol. The Morgan fingerprint density at radius 2 is 2.07 bits per heavy atom. The van der Waals surface area contributed by atoms with Crippen molar-refractivity contribution in [3.8, 4) is 0 Å². The summed E-state index contributed by atoms with van der Waals surface area (Å²) < 4.78 is 1.63. The van der Waals surface area contributed by atoms with E-state index in [-0.39, 0.29) is 5.41 Å². The smallest absolute Gasteiger partial charge is 0.249 e. The van der Waals surface area contributed by atoms with E-state index in [2.05, 4.69) is 47.6 Å². The molecule has 0 aliphatic heterocycles. The van der Waals surface area contributed by atoms with Gasteiger partial charge in [-0.2, -0.15) is 15.1 Å². The molecule has 1 rings (SSSR count). The van der Waals surface area contributed by atoms with Crippen LogP contribution in [-0.4, -0.2) is 27.8 Å². The van der Waals surface area contributed by atoms with Gasteiger partial charge in [0, 0.05) is 12.5 Å². The monoisotopic (exact) mass is 193 g/mol. The maximum atomic E-state index is 4.28. The van der Waals surface area contributed by atoms with E-state index in [0.29, 0.717) is 5.95 Å². The number of aliphatic imine (C=N–C) groups is 2. The Bertz CT molecular complexity index is 356. The largest absolute Gasteiger partial charge is 0.253 e. The third-order valence-electron chi connectivity index (χ3n) is 1.67. The van der Waals surface area contributed by atoms with Gasteiger partial charge in [0.2, 0.25) is 5.95 Å². The molecule has 0 saturated heterocycles. The van der Waals surface area contributed by atoms with Gasteiger partial charge in [-0.25, -0.2) is 4.68 Å². The molecule has 5 heteroatoms. The highest BCUT2D eigenvalue weighted by molar-refractivity contribution is 5.64. The first kappa shape index (κ1) is 10.6. The lowest BCUT2D eigenvalue weighted by atomic mass is 9.96. The first-order valence-corrected chi connectivity index (χ1v) is 4.35. The Balaban J connectivity index is 3.05. The minimum absolute atomic E-state index is 0.0624. The molecule has 0 bridgehead atoms. The molecule has 0 atom stereocenters. The van der Waals surface area contributed by atoms with Crippen LogP contribution in [0.5, 0.6) is 0 Å². The number of aryl methyl sites for hydroxylation is 1. The summed E-state index contributed by atoms with van der Waals surface area (Å²) in [6.07, 6.45) is 1.36. The van der Waals surface area contributed by atoms with Crippen molar-refractivity contribution in [3.63, 3.8) is 0 Å². The predicted molar refractivity (Wildman–Crippen MR) is 57.4 cm³/mol. The number of nitrogens with zero attached hydrogens (tertiary/aromatic N) is 5. The highest BCUT2D eigenvalue weighted by Crippen LogP contribution is 2.20. The highest BCUT2D eigenvalue weighted by Gasteiger charge is 2.20. The molecule has 0 spiro atoms. The molecular weight excluding hydrogens is 178 g/mol. The van der Waals surface area contributed by atoms with Crippen molar-refractivity contribution in [1.29, 1.82) is 0 Å². The lowest BCUT2D eigenvalue weighted by Crippen LogP contribution is -2.13. The molecule has 0 saturated carbocycles. The van der Waals surface area contributed by atoms with Gasteiger partial charge in [-0.3, -0.25) is 4.99 Å². The van der Waals surface area contributed by atoms with Gasteiger partial charge in [0.25, 0.3) is 0 Å². The number of hydrogen-bond acceptors (Lipinski definition) is 3. The minimum atomic E-state index is -0.0624. The van der Waals surface area contributed by atoms with Crippen LogP contribution in [0.15, 0.2) is 9.98 Å². The van der Waals surface area contributed by atoms with E-state index < -0.39 is 0 Å². The number of rotatable bonds is 2. The van der Waals surface area contributed by atoms with Crippen molar-refractivity contribution in [2.75, 3.05) is 0 Å². The zero-order valence-electron chi connectivity index (χ0n) is 9.02. The molecular formula is C9H15N5. The third kappa shape index (κ3) is 2.25. The van der Waals surface area contributed by atoms with Crippen LogP contribution in [0, 0.1) is 0 Å². The van der Waals surface area contributed by atoms with E-state index in [4.69, 9.17) is 0 Å². The second-order valence-corrected chi connectivity index (χ2v) is 4.04. The third-order valence-corrected chi connectivity index (χ3v) is 1.67. The molecule has 0 aliphatic carbocycles. The summed E-state index contributed by atoms with van der Waals surface area (Å²) in [5, 5.41) is 4.26. The van der Waals surface area contributed by atoms with Crippen molar-refractivity contribution in [2.24, 2.45) is 17.0 Å². The quantitative estimate of drug-likeness (QED) is 0.527. The van der Waals surface area contributed by atoms with Gasteiger partial charge in [-0.1, -0.05) is 20.8 Å². The topological polar surface area (TPSA) is 55.4 Å². The molecule has 1 aromatic heterocycles. The summed E-state index contributed by atoms with van der Waals surface area (Å²) in [7, 11) is 1.80. The van der Waals surface area contributed by atoms with Crippen LogP contribution in [0.2, 0.25) is 0 Å². The van der Waals surface area contributed by atoms with Crippen LogP contribution in [0.25, 0.3) is 0 Å². The Labute approximate surface area is 83.6 Å². The summed E-state index contributed by atoms with van der Waals surface area (Å²) in [4.78, 5) is 11.8. The molecule has 0 unspecified atom stereocenters. The van der Waals surface area contributed by atoms with Gasteiger partial charge in [-0.05, 0) is 6.72 Å². The Morgan fingerprint density at radius 1 is 1.43 bits per heavy atom. The van der Waals surface area contributed by atoms with Crippen molar-refractivity contribution in [3.05, 3.63) is 5.82 Å². The SMILES string of the molecule is C=N/C=N\c1nc(C(C)(C)C)nn1C. The Kier molecular flexibility index (Phi) is 2.78. The van der Waals surface area contributed by atoms with Crippen LogP contribution in [0.4, 0.5) is 5.95 Å². The first-order valence-electron chi connectivity index (χ1n) is 4.35. The number of aromatic nitrogens is 3. The predicted octanol–water partition coefficient (Wildman–Crippen LogP) is 1.47. The zero-order chi connectivity index (χ0) is 10.8. The van der Waals surface area contributed by atoms with E-state index >= 15 is 0 Å². The average Bonchev–Trinajstić information content (AvgIpc) is 2.43. The van der Waals surface area contributed by atoms with Crippen LogP contribution in [0.1, 0.15) is 26.6 Å². The fraction of sp³-hybridized carbons (Fsp3) is 0.556. The molecule has 0 radical (unpaired) electrons. The minimum Gasteiger partial charge on any atom is -0.253 e. The van der Waals surface area contributed by atoms with Crippen molar-refractivity contribution < 1.29 is 0 Å². The molecule has 0 fully saturated rings. The molecule has 0 aromatic carbocycles. The standard InChI is InChI=1S/C9H15N5/c1-9(2,3)7-12-8(11-6-10-4)14(5)13-7/h6H,4H2,1-3,5H3/b11-6-. The summed E-state index contributed by atoms with van der Waals surface area (Å²) in [6, 6.07) is 0. The molecule has 1 heterocycles. The molecule has 76 valence electrons. The van der Waals surface area contributed by atoms with Gasteiger partial charge < -0.3 is 0 Å². The lowest BCUT2D eigenvalue weighted by Gasteiger charge is -2.11. The maximum Gasteiger partial charge on any atom is 0.249 e. The van der Waals surface area contributed by atoms with E-state index in [1.54, 1.807) is 11.7 Å². The molecule has 0 amide bonds. The van der Waals surface area contributed by atoms with Crippen molar-refractivity contribution in [1.82, 2.24) is 14.8 Å². The molecule has 0 N–H and O–H groups in total. The zero-order valence-corrected chi connectivity index (χ0v) is 9.02. The van der Waals surface area contributed by atoms with Gasteiger partial charge in [0.15, 0.2) is 5.82 Å². The normalized spacial score (nSPS) is 12.3. The molecule has 1 aromatic rings. The van der Waals surface area contributed by atoms with E-state index in [9.17, 15) is 0 Å². The van der Waals surface area contributed by atoms with Gasteiger partial charge in [0.1, 0.15) is 6.34 Å². The Morgan fingerprint density at radius 3 is 2.50 bits per heavy atom. The molecule has 0 aliphatic rings. The second-order valence-electron chi connectivity index (χ2n) is 4.04. The van der Waals surface area contributed by atoms with Crippen molar-refractivity contribution >= 4 is 19.0 Å². The van der Waals surface area contributed by atoms with Gasteiger partial charge in [-0.15, -0.1) is 0 Å². The van der Waals surface area contributed by atoms with Crippen LogP contribution in [-0.2, 0) is 12.5 Å². The molecule has 5 nitrogen and oxygen atoms in total. The summed E-state index contributed by atoms with van der Waals surface area (Å²) in [5.74, 6) is 1.32. The highest BCUT2D eigenvalue weighted by atomic mass is 15.4. The van der Waals surface area contributed by atoms with Crippen LogP contribution in [0.3, 0.4) is 0 Å². The fourth-order valence-corrected chi connectivity index (χ4v) is 0.899. The fourth-order valence-electron chi connectivity index (χ4n) is 0.899. The summed E-state index contributed by atoms with van der Waals surface area (Å²) in [6.45, 7) is 9.48. The summed E-state index contributed by atoms with van der Waals surface area (Å²) >= 11 is 0. The Hall–Kier alpha value is -1.52. The number of hydrogen-bond donors (Lipinski definition) is 0. The second kappa shape index (κ2) is 3.69. The van der Waals surface area contributed by atoms with E-state index in [1.807, 2.05) is 0 Å². The summed E-state index contributed by atoms with van der Waals surface area (Å²) in [5.41, 5.74) is -0.0624. The van der Waals surface area contributed by atoms with Crippen molar-refractivity contribution in [2.45, 2.75) is 26.2 Å². The van der Waals surface area contributed by atoms with Crippen LogP contribution >= 0.6 is 0 Å². The van der Waals surface area contributed by atoms with Gasteiger partial charge in [0.05, 0.1) is 0 Å².